The molecular formula is C18H21N4+. The molecule has 0 atom stereocenters. The zero-order valence-corrected chi connectivity index (χ0v) is 12.6. The molecular weight excluding hydrogens is 272 g/mol. The van der Waals surface area contributed by atoms with Crippen LogP contribution >= 0.6 is 0 Å². The normalized spacial score (nSPS) is 15.8. The number of hydrazone groups is 1. The monoisotopic (exact) mass is 293 g/mol. The van der Waals surface area contributed by atoms with Gasteiger partial charge in [-0.2, -0.15) is 5.10 Å². The molecule has 2 heterocycles. The van der Waals surface area contributed by atoms with Crippen LogP contribution in [-0.2, 0) is 0 Å². The van der Waals surface area contributed by atoms with Gasteiger partial charge in [-0.1, -0.05) is 42.5 Å². The number of anilines is 1. The number of nitrogens with one attached hydrogen (secondary N) is 1. The number of pyridine rings is 1. The number of hydrogen-bond donors (Lipinski definition) is 0. The second-order valence-corrected chi connectivity index (χ2v) is 5.22. The van der Waals surface area contributed by atoms with Crippen LogP contribution in [0.5, 0.6) is 0 Å². The molecule has 0 bridgehead atoms. The van der Waals surface area contributed by atoms with Crippen LogP contribution in [0.4, 0.5) is 5.82 Å². The van der Waals surface area contributed by atoms with Crippen molar-refractivity contribution in [2.75, 3.05) is 31.1 Å². The van der Waals surface area contributed by atoms with Gasteiger partial charge in [0.2, 0.25) is 0 Å². The zero-order valence-electron chi connectivity index (χ0n) is 12.6. The Morgan fingerprint density at radius 2 is 1.68 bits per heavy atom. The van der Waals surface area contributed by atoms with E-state index in [0.29, 0.717) is 0 Å². The second kappa shape index (κ2) is 7.41. The molecule has 1 N–H and O–H groups in total. The lowest BCUT2D eigenvalue weighted by Gasteiger charge is -2.28. The van der Waals surface area contributed by atoms with Gasteiger partial charge in [0.05, 0.1) is 19.3 Å². The van der Waals surface area contributed by atoms with E-state index < -0.39 is 0 Å². The van der Waals surface area contributed by atoms with E-state index in [1.54, 1.807) is 0 Å². The van der Waals surface area contributed by atoms with Crippen LogP contribution in [0.3, 0.4) is 0 Å². The lowest BCUT2D eigenvalue weighted by Crippen LogP contribution is -2.45. The molecule has 112 valence electrons. The van der Waals surface area contributed by atoms with E-state index in [4.69, 9.17) is 0 Å². The van der Waals surface area contributed by atoms with Crippen molar-refractivity contribution in [3.63, 3.8) is 0 Å². The van der Waals surface area contributed by atoms with E-state index in [9.17, 15) is 0 Å². The molecule has 1 aromatic carbocycles. The van der Waals surface area contributed by atoms with Crippen LogP contribution in [0.2, 0.25) is 0 Å². The van der Waals surface area contributed by atoms with E-state index in [2.05, 4.69) is 50.3 Å². The maximum atomic E-state index is 4.51. The number of benzene rings is 1. The molecule has 3 rings (SSSR count). The molecule has 0 radical (unpaired) electrons. The van der Waals surface area contributed by atoms with Crippen molar-refractivity contribution in [1.82, 2.24) is 5.01 Å². The third-order valence-corrected chi connectivity index (χ3v) is 3.69. The minimum atomic E-state index is 0.943. The Bertz CT molecular complexity index is 614. The van der Waals surface area contributed by atoms with Gasteiger partial charge in [0, 0.05) is 12.3 Å². The molecule has 0 aliphatic carbocycles. The van der Waals surface area contributed by atoms with E-state index in [-0.39, 0.29) is 0 Å². The van der Waals surface area contributed by atoms with Gasteiger partial charge in [-0.25, -0.2) is 4.98 Å². The predicted octanol–water partition coefficient (Wildman–Crippen LogP) is 2.32. The molecule has 2 aromatic rings. The average molecular weight is 293 g/mol. The lowest BCUT2D eigenvalue weighted by molar-refractivity contribution is -0.364. The molecule has 0 spiro atoms. The summed E-state index contributed by atoms with van der Waals surface area (Å²) >= 11 is 0. The zero-order chi connectivity index (χ0) is 15.0. The van der Waals surface area contributed by atoms with Gasteiger partial charge in [0.25, 0.3) is 5.82 Å². The highest BCUT2D eigenvalue weighted by Crippen LogP contribution is 2.09. The van der Waals surface area contributed by atoms with Gasteiger partial charge in [-0.3, -0.25) is 9.91 Å². The number of rotatable bonds is 4. The summed E-state index contributed by atoms with van der Waals surface area (Å²) in [6, 6.07) is 16.4. The van der Waals surface area contributed by atoms with Crippen LogP contribution in [0, 0.1) is 0 Å². The number of aromatic nitrogens is 1. The van der Waals surface area contributed by atoms with Crippen LogP contribution < -0.4 is 9.88 Å². The number of H-pyrrole nitrogens is 1. The molecule has 4 heteroatoms. The first kappa shape index (κ1) is 14.3. The summed E-state index contributed by atoms with van der Waals surface area (Å²) in [4.78, 5) is 5.63. The number of piperazine rings is 1. The minimum absolute atomic E-state index is 0.943. The molecule has 4 nitrogen and oxygen atoms in total. The fraction of sp³-hybridized carbons (Fsp3) is 0.222. The Morgan fingerprint density at radius 3 is 2.41 bits per heavy atom. The Morgan fingerprint density at radius 1 is 0.909 bits per heavy atom. The third kappa shape index (κ3) is 3.95. The topological polar surface area (TPSA) is 33.0 Å². The van der Waals surface area contributed by atoms with Gasteiger partial charge in [0.15, 0.2) is 0 Å². The molecule has 0 saturated carbocycles. The summed E-state index contributed by atoms with van der Waals surface area (Å²) in [7, 11) is 0. The largest absolute Gasteiger partial charge is 0.289 e. The summed E-state index contributed by atoms with van der Waals surface area (Å²) in [5.41, 5.74) is 1.19. The SMILES string of the molecule is C(/C=C/c1ccccc1)=N/N1CCN(c2cccc[nH+]2)CC1. The van der Waals surface area contributed by atoms with Crippen molar-refractivity contribution in [3.05, 3.63) is 66.4 Å². The third-order valence-electron chi connectivity index (χ3n) is 3.69. The quantitative estimate of drug-likeness (QED) is 0.811. The van der Waals surface area contributed by atoms with E-state index >= 15 is 0 Å². The fourth-order valence-electron chi connectivity index (χ4n) is 2.48. The van der Waals surface area contributed by atoms with Gasteiger partial charge < -0.3 is 0 Å². The second-order valence-electron chi connectivity index (χ2n) is 5.22. The van der Waals surface area contributed by atoms with Crippen molar-refractivity contribution in [2.24, 2.45) is 5.10 Å². The van der Waals surface area contributed by atoms with E-state index in [0.717, 1.165) is 26.2 Å². The van der Waals surface area contributed by atoms with Crippen molar-refractivity contribution in [2.45, 2.75) is 0 Å². The molecule has 0 amide bonds. The Balaban J connectivity index is 1.48. The molecule has 0 unspecified atom stereocenters. The number of nitrogens with zero attached hydrogens (tertiary/aromatic N) is 3. The lowest BCUT2D eigenvalue weighted by atomic mass is 10.2. The highest BCUT2D eigenvalue weighted by Gasteiger charge is 2.21. The Labute approximate surface area is 131 Å². The highest BCUT2D eigenvalue weighted by atomic mass is 15.5. The van der Waals surface area contributed by atoms with Crippen LogP contribution in [0.1, 0.15) is 5.56 Å². The molecule has 22 heavy (non-hydrogen) atoms. The maximum Gasteiger partial charge on any atom is 0.274 e. The number of hydrogen-bond acceptors (Lipinski definition) is 3. The first-order chi connectivity index (χ1) is 10.9. The van der Waals surface area contributed by atoms with Crippen molar-refractivity contribution >= 4 is 18.1 Å². The minimum Gasteiger partial charge on any atom is -0.289 e. The van der Waals surface area contributed by atoms with E-state index in [1.807, 2.05) is 42.8 Å². The average Bonchev–Trinajstić information content (AvgIpc) is 2.61. The number of allylic oxidation sites excluding steroid dienone is 1. The van der Waals surface area contributed by atoms with Gasteiger partial charge >= 0.3 is 0 Å². The molecule has 1 saturated heterocycles. The van der Waals surface area contributed by atoms with Gasteiger partial charge in [-0.05, 0) is 17.7 Å². The summed E-state index contributed by atoms with van der Waals surface area (Å²) in [6.07, 6.45) is 7.90. The van der Waals surface area contributed by atoms with Crippen LogP contribution in [0.15, 0.2) is 65.9 Å². The van der Waals surface area contributed by atoms with Crippen molar-refractivity contribution < 1.29 is 4.98 Å². The maximum absolute atomic E-state index is 4.51. The Hall–Kier alpha value is -2.62. The standard InChI is InChI=1S/C18H20N4/c1-2-7-17(8-3-1)9-6-12-20-22-15-13-21(14-16-22)18-10-4-5-11-19-18/h1-12H,13-16H2/p+1/b9-6+,20-12-. The summed E-state index contributed by atoms with van der Waals surface area (Å²) in [5, 5.41) is 6.63. The summed E-state index contributed by atoms with van der Waals surface area (Å²) in [6.45, 7) is 3.86. The first-order valence-corrected chi connectivity index (χ1v) is 7.64. The number of aromatic amines is 1. The Kier molecular flexibility index (Phi) is 4.82. The summed E-state index contributed by atoms with van der Waals surface area (Å²) in [5.74, 6) is 1.18. The smallest absolute Gasteiger partial charge is 0.274 e. The molecule has 1 aliphatic rings. The van der Waals surface area contributed by atoms with Crippen molar-refractivity contribution in [1.29, 1.82) is 0 Å². The molecule has 1 aliphatic heterocycles. The predicted molar refractivity (Wildman–Crippen MR) is 90.8 cm³/mol. The van der Waals surface area contributed by atoms with E-state index in [1.165, 1.54) is 11.4 Å². The van der Waals surface area contributed by atoms with Gasteiger partial charge in [-0.15, -0.1) is 0 Å². The van der Waals surface area contributed by atoms with Crippen molar-refractivity contribution in [3.8, 4) is 0 Å². The van der Waals surface area contributed by atoms with Crippen LogP contribution in [-0.4, -0.2) is 37.4 Å². The molecule has 1 aromatic heterocycles. The highest BCUT2D eigenvalue weighted by molar-refractivity contribution is 5.77. The first-order valence-electron chi connectivity index (χ1n) is 7.64. The van der Waals surface area contributed by atoms with Crippen LogP contribution in [0.25, 0.3) is 6.08 Å². The summed E-state index contributed by atoms with van der Waals surface area (Å²) < 4.78 is 0. The van der Waals surface area contributed by atoms with Gasteiger partial charge in [0.1, 0.15) is 13.1 Å². The fourth-order valence-corrected chi connectivity index (χ4v) is 2.48. The molecule has 1 fully saturated rings.